The van der Waals surface area contributed by atoms with Gasteiger partial charge in [0.2, 0.25) is 5.91 Å². The molecule has 2 N–H and O–H groups in total. The van der Waals surface area contributed by atoms with Crippen molar-refractivity contribution < 1.29 is 4.79 Å². The van der Waals surface area contributed by atoms with Gasteiger partial charge >= 0.3 is 5.69 Å². The summed E-state index contributed by atoms with van der Waals surface area (Å²) in [6.45, 7) is 2.07. The van der Waals surface area contributed by atoms with Crippen molar-refractivity contribution in [2.45, 2.75) is 20.0 Å². The molecule has 7 nitrogen and oxygen atoms in total. The third kappa shape index (κ3) is 3.64. The van der Waals surface area contributed by atoms with E-state index in [2.05, 4.69) is 15.3 Å². The van der Waals surface area contributed by atoms with Gasteiger partial charge < -0.3 is 5.32 Å². The van der Waals surface area contributed by atoms with E-state index < -0.39 is 11.2 Å². The molecular formula is C13H14N4O3. The maximum Gasteiger partial charge on any atom is 0.328 e. The summed E-state index contributed by atoms with van der Waals surface area (Å²) in [4.78, 5) is 40.2. The Kier molecular flexibility index (Phi) is 4.09. The van der Waals surface area contributed by atoms with Gasteiger partial charge in [-0.2, -0.15) is 0 Å². The number of hydrogen-bond acceptors (Lipinski definition) is 4. The third-order valence-electron chi connectivity index (χ3n) is 2.67. The maximum absolute atomic E-state index is 11.7. The van der Waals surface area contributed by atoms with Crippen molar-refractivity contribution in [2.75, 3.05) is 0 Å². The van der Waals surface area contributed by atoms with Gasteiger partial charge in [-0.05, 0) is 18.6 Å². The molecule has 2 aromatic rings. The molecule has 0 spiro atoms. The fraction of sp³-hybridized carbons (Fsp3) is 0.231. The Balaban J connectivity index is 1.94. The maximum atomic E-state index is 11.7. The van der Waals surface area contributed by atoms with Crippen LogP contribution in [0.2, 0.25) is 0 Å². The number of rotatable bonds is 4. The van der Waals surface area contributed by atoms with Gasteiger partial charge in [0.05, 0.1) is 0 Å². The summed E-state index contributed by atoms with van der Waals surface area (Å²) < 4.78 is 1.13. The van der Waals surface area contributed by atoms with Crippen molar-refractivity contribution in [2.24, 2.45) is 0 Å². The molecule has 0 saturated carbocycles. The van der Waals surface area contributed by atoms with Crippen LogP contribution in [-0.2, 0) is 17.9 Å². The summed E-state index contributed by atoms with van der Waals surface area (Å²) in [5, 5.41) is 2.68. The monoisotopic (exact) mass is 274 g/mol. The predicted octanol–water partition coefficient (Wildman–Crippen LogP) is -0.444. The van der Waals surface area contributed by atoms with Crippen molar-refractivity contribution in [1.82, 2.24) is 19.9 Å². The van der Waals surface area contributed by atoms with Crippen LogP contribution in [0.3, 0.4) is 0 Å². The van der Waals surface area contributed by atoms with E-state index in [1.54, 1.807) is 6.20 Å². The van der Waals surface area contributed by atoms with Crippen molar-refractivity contribution in [3.05, 3.63) is 62.7 Å². The summed E-state index contributed by atoms with van der Waals surface area (Å²) in [5.41, 5.74) is 0.680. The summed E-state index contributed by atoms with van der Waals surface area (Å²) in [5.74, 6) is -0.320. The zero-order valence-corrected chi connectivity index (χ0v) is 10.9. The molecule has 20 heavy (non-hydrogen) atoms. The van der Waals surface area contributed by atoms with Crippen LogP contribution in [-0.4, -0.2) is 20.4 Å². The van der Waals surface area contributed by atoms with Crippen LogP contribution in [0.5, 0.6) is 0 Å². The van der Waals surface area contributed by atoms with Gasteiger partial charge in [0.25, 0.3) is 5.56 Å². The molecule has 0 bridgehead atoms. The normalized spacial score (nSPS) is 10.2. The molecule has 0 radical (unpaired) electrons. The molecule has 2 aromatic heterocycles. The molecule has 0 aliphatic heterocycles. The topological polar surface area (TPSA) is 96.9 Å². The van der Waals surface area contributed by atoms with Gasteiger partial charge in [0.15, 0.2) is 0 Å². The number of carbonyl (C=O) groups excluding carboxylic acids is 1. The average molecular weight is 274 g/mol. The quantitative estimate of drug-likeness (QED) is 0.789. The third-order valence-corrected chi connectivity index (χ3v) is 2.67. The number of aryl methyl sites for hydroxylation is 1. The predicted molar refractivity (Wildman–Crippen MR) is 72.1 cm³/mol. The van der Waals surface area contributed by atoms with Crippen LogP contribution in [0.25, 0.3) is 0 Å². The fourth-order valence-corrected chi connectivity index (χ4v) is 1.58. The summed E-state index contributed by atoms with van der Waals surface area (Å²) in [6.07, 6.45) is 2.97. The molecule has 7 heteroatoms. The number of H-pyrrole nitrogens is 1. The lowest BCUT2D eigenvalue weighted by molar-refractivity contribution is -0.121. The smallest absolute Gasteiger partial charge is 0.328 e. The molecule has 0 aromatic carbocycles. The Morgan fingerprint density at radius 3 is 2.80 bits per heavy atom. The second kappa shape index (κ2) is 5.96. The zero-order valence-electron chi connectivity index (χ0n) is 10.9. The SMILES string of the molecule is Cc1ccc(CNC(=O)Cn2ccc(=O)[nH]c2=O)cn1. The second-order valence-electron chi connectivity index (χ2n) is 4.32. The van der Waals surface area contributed by atoms with E-state index in [1.165, 1.54) is 12.3 Å². The first-order valence-corrected chi connectivity index (χ1v) is 6.02. The first kappa shape index (κ1) is 13.7. The Morgan fingerprint density at radius 1 is 1.35 bits per heavy atom. The molecule has 2 rings (SSSR count). The first-order chi connectivity index (χ1) is 9.54. The molecular weight excluding hydrogens is 260 g/mol. The molecule has 0 aliphatic carbocycles. The average Bonchev–Trinajstić information content (AvgIpc) is 2.41. The summed E-state index contributed by atoms with van der Waals surface area (Å²) >= 11 is 0. The molecule has 104 valence electrons. The molecule has 1 amide bonds. The lowest BCUT2D eigenvalue weighted by Crippen LogP contribution is -2.35. The Hall–Kier alpha value is -2.70. The van der Waals surface area contributed by atoms with Crippen LogP contribution in [0.1, 0.15) is 11.3 Å². The van der Waals surface area contributed by atoms with E-state index in [0.717, 1.165) is 15.8 Å². The Morgan fingerprint density at radius 2 is 2.15 bits per heavy atom. The van der Waals surface area contributed by atoms with E-state index in [-0.39, 0.29) is 12.5 Å². The lowest BCUT2D eigenvalue weighted by atomic mass is 10.2. The number of amides is 1. The molecule has 0 atom stereocenters. The van der Waals surface area contributed by atoms with Crippen molar-refractivity contribution in [3.8, 4) is 0 Å². The number of aromatic nitrogens is 3. The number of pyridine rings is 1. The number of hydrogen-bond donors (Lipinski definition) is 2. The van der Waals surface area contributed by atoms with Crippen LogP contribution in [0, 0.1) is 6.92 Å². The Labute approximate surface area is 114 Å². The van der Waals surface area contributed by atoms with E-state index in [4.69, 9.17) is 0 Å². The van der Waals surface area contributed by atoms with Crippen LogP contribution in [0.15, 0.2) is 40.2 Å². The van der Waals surface area contributed by atoms with E-state index >= 15 is 0 Å². The number of nitrogens with one attached hydrogen (secondary N) is 2. The van der Waals surface area contributed by atoms with E-state index in [1.807, 2.05) is 19.1 Å². The van der Waals surface area contributed by atoms with Gasteiger partial charge in [-0.1, -0.05) is 6.07 Å². The van der Waals surface area contributed by atoms with Crippen molar-refractivity contribution in [3.63, 3.8) is 0 Å². The first-order valence-electron chi connectivity index (χ1n) is 6.02. The highest BCUT2D eigenvalue weighted by molar-refractivity contribution is 5.75. The van der Waals surface area contributed by atoms with Gasteiger partial charge in [0, 0.05) is 30.7 Å². The number of nitrogens with zero attached hydrogens (tertiary/aromatic N) is 2. The van der Waals surface area contributed by atoms with Gasteiger partial charge in [-0.25, -0.2) is 4.79 Å². The highest BCUT2D eigenvalue weighted by atomic mass is 16.2. The minimum atomic E-state index is -0.607. The van der Waals surface area contributed by atoms with Gasteiger partial charge in [-0.3, -0.25) is 24.1 Å². The number of carbonyl (C=O) groups is 1. The van der Waals surface area contributed by atoms with Crippen molar-refractivity contribution in [1.29, 1.82) is 0 Å². The van der Waals surface area contributed by atoms with E-state index in [9.17, 15) is 14.4 Å². The minimum Gasteiger partial charge on any atom is -0.350 e. The molecule has 0 aliphatic rings. The second-order valence-corrected chi connectivity index (χ2v) is 4.32. The largest absolute Gasteiger partial charge is 0.350 e. The van der Waals surface area contributed by atoms with E-state index in [0.29, 0.717) is 6.54 Å². The highest BCUT2D eigenvalue weighted by Crippen LogP contribution is 1.98. The van der Waals surface area contributed by atoms with Crippen LogP contribution >= 0.6 is 0 Å². The molecule has 0 saturated heterocycles. The molecule has 0 fully saturated rings. The van der Waals surface area contributed by atoms with Gasteiger partial charge in [0.1, 0.15) is 6.54 Å². The number of aromatic amines is 1. The highest BCUT2D eigenvalue weighted by Gasteiger charge is 2.04. The summed E-state index contributed by atoms with van der Waals surface area (Å²) in [7, 11) is 0. The zero-order chi connectivity index (χ0) is 14.5. The van der Waals surface area contributed by atoms with Crippen LogP contribution in [0.4, 0.5) is 0 Å². The van der Waals surface area contributed by atoms with Crippen LogP contribution < -0.4 is 16.6 Å². The van der Waals surface area contributed by atoms with Gasteiger partial charge in [-0.15, -0.1) is 0 Å². The molecule has 0 unspecified atom stereocenters. The van der Waals surface area contributed by atoms with Crippen molar-refractivity contribution >= 4 is 5.91 Å². The minimum absolute atomic E-state index is 0.144. The lowest BCUT2D eigenvalue weighted by Gasteiger charge is -2.06. The summed E-state index contributed by atoms with van der Waals surface area (Å²) in [6, 6.07) is 4.92. The standard InChI is InChI=1S/C13H14N4O3/c1-9-2-3-10(6-14-9)7-15-12(19)8-17-5-4-11(18)16-13(17)20/h2-6H,7-8H2,1H3,(H,15,19)(H,16,18,20). The fourth-order valence-electron chi connectivity index (χ4n) is 1.58. The Bertz CT molecular complexity index is 715. The molecule has 2 heterocycles.